The van der Waals surface area contributed by atoms with Crippen LogP contribution in [0.5, 0.6) is 5.75 Å². The summed E-state index contributed by atoms with van der Waals surface area (Å²) in [5, 5.41) is 3.85. The van der Waals surface area contributed by atoms with E-state index in [9.17, 15) is 9.59 Å². The third-order valence-electron chi connectivity index (χ3n) is 3.43. The van der Waals surface area contributed by atoms with E-state index < -0.39 is 11.7 Å². The lowest BCUT2D eigenvalue weighted by Gasteiger charge is -2.18. The first-order valence-electron chi connectivity index (χ1n) is 8.69. The lowest BCUT2D eigenvalue weighted by Crippen LogP contribution is -2.29. The number of hydrazone groups is 1. The summed E-state index contributed by atoms with van der Waals surface area (Å²) in [7, 11) is 1.35. The van der Waals surface area contributed by atoms with E-state index in [0.29, 0.717) is 17.9 Å². The highest BCUT2D eigenvalue weighted by atomic mass is 16.6. The van der Waals surface area contributed by atoms with Crippen LogP contribution in [0.2, 0.25) is 0 Å². The number of carbonyl (C=O) groups excluding carboxylic acids is 2. The lowest BCUT2D eigenvalue weighted by atomic mass is 10.1. The van der Waals surface area contributed by atoms with E-state index in [1.807, 2.05) is 24.3 Å². The number of esters is 1. The first-order chi connectivity index (χ1) is 13.3. The molecule has 0 heterocycles. The molecule has 0 aliphatic carbocycles. The van der Waals surface area contributed by atoms with Gasteiger partial charge >= 0.3 is 12.1 Å². The molecule has 0 atom stereocenters. The topological polar surface area (TPSA) is 86.2 Å². The number of nitrogens with one attached hydrogen (secondary N) is 1. The molecule has 0 unspecified atom stereocenters. The van der Waals surface area contributed by atoms with Crippen molar-refractivity contribution in [1.29, 1.82) is 0 Å². The second-order valence-electron chi connectivity index (χ2n) is 6.92. The Hall–Kier alpha value is -3.35. The van der Waals surface area contributed by atoms with Crippen molar-refractivity contribution in [3.8, 4) is 5.75 Å². The van der Waals surface area contributed by atoms with Crippen molar-refractivity contribution >= 4 is 18.3 Å². The van der Waals surface area contributed by atoms with Gasteiger partial charge in [-0.05, 0) is 68.3 Å². The van der Waals surface area contributed by atoms with Gasteiger partial charge in [-0.15, -0.1) is 0 Å². The van der Waals surface area contributed by atoms with Gasteiger partial charge in [0.15, 0.2) is 0 Å². The van der Waals surface area contributed by atoms with Gasteiger partial charge in [0.2, 0.25) is 0 Å². The first-order valence-corrected chi connectivity index (χ1v) is 8.69. The molecule has 0 aliphatic rings. The van der Waals surface area contributed by atoms with E-state index in [2.05, 4.69) is 15.3 Å². The molecule has 1 N–H and O–H groups in total. The molecule has 1 amide bonds. The molecule has 0 spiro atoms. The van der Waals surface area contributed by atoms with Gasteiger partial charge in [-0.3, -0.25) is 0 Å². The molecule has 0 aromatic heterocycles. The summed E-state index contributed by atoms with van der Waals surface area (Å²) in [5.74, 6) is 0.320. The van der Waals surface area contributed by atoms with Crippen LogP contribution in [0.3, 0.4) is 0 Å². The first kappa shape index (κ1) is 21.0. The summed E-state index contributed by atoms with van der Waals surface area (Å²) in [5.41, 5.74) is 3.96. The number of benzene rings is 2. The van der Waals surface area contributed by atoms with Gasteiger partial charge in [0.1, 0.15) is 18.0 Å². The smallest absolute Gasteiger partial charge is 0.428 e. The minimum absolute atomic E-state index is 0.370. The lowest BCUT2D eigenvalue weighted by molar-refractivity contribution is 0.0528. The quantitative estimate of drug-likeness (QED) is 0.464. The van der Waals surface area contributed by atoms with Crippen molar-refractivity contribution < 1.29 is 23.8 Å². The molecular weight excluding hydrogens is 360 g/mol. The second kappa shape index (κ2) is 9.55. The third-order valence-corrected chi connectivity index (χ3v) is 3.43. The standard InChI is InChI=1S/C21H24N2O5/c1-21(2,3)28-20(25)23-22-13-15-7-11-18(12-8-15)27-14-16-5-9-17(10-6-16)19(24)26-4/h5-13H,14H2,1-4H3,(H,23,25)/b22-13+. The van der Waals surface area contributed by atoms with Crippen molar-refractivity contribution in [2.24, 2.45) is 5.10 Å². The second-order valence-corrected chi connectivity index (χ2v) is 6.92. The zero-order chi connectivity index (χ0) is 20.6. The van der Waals surface area contributed by atoms with E-state index in [4.69, 9.17) is 9.47 Å². The van der Waals surface area contributed by atoms with E-state index >= 15 is 0 Å². The molecule has 0 bridgehead atoms. The molecule has 0 saturated carbocycles. The molecule has 28 heavy (non-hydrogen) atoms. The van der Waals surface area contributed by atoms with Crippen molar-refractivity contribution in [2.45, 2.75) is 33.0 Å². The van der Waals surface area contributed by atoms with Crippen molar-refractivity contribution in [1.82, 2.24) is 5.43 Å². The van der Waals surface area contributed by atoms with Crippen LogP contribution in [0.1, 0.15) is 42.3 Å². The van der Waals surface area contributed by atoms with E-state index in [1.165, 1.54) is 13.3 Å². The van der Waals surface area contributed by atoms with Crippen LogP contribution in [-0.2, 0) is 16.1 Å². The van der Waals surface area contributed by atoms with E-state index in [1.54, 1.807) is 45.0 Å². The third kappa shape index (κ3) is 7.11. The van der Waals surface area contributed by atoms with Crippen LogP contribution in [0.15, 0.2) is 53.6 Å². The summed E-state index contributed by atoms with van der Waals surface area (Å²) in [6.07, 6.45) is 0.904. The largest absolute Gasteiger partial charge is 0.489 e. The molecule has 0 saturated heterocycles. The van der Waals surface area contributed by atoms with Crippen molar-refractivity contribution in [3.63, 3.8) is 0 Å². The predicted octanol–water partition coefficient (Wildman–Crippen LogP) is 3.91. The highest BCUT2D eigenvalue weighted by Gasteiger charge is 2.15. The van der Waals surface area contributed by atoms with Crippen LogP contribution in [0.4, 0.5) is 4.79 Å². The number of hydrogen-bond donors (Lipinski definition) is 1. The summed E-state index contributed by atoms with van der Waals surface area (Å²) in [6, 6.07) is 14.3. The molecule has 0 aliphatic heterocycles. The fraction of sp³-hybridized carbons (Fsp3) is 0.286. The Labute approximate surface area is 164 Å². The van der Waals surface area contributed by atoms with Gasteiger partial charge in [-0.1, -0.05) is 12.1 Å². The Morgan fingerprint density at radius 3 is 2.25 bits per heavy atom. The predicted molar refractivity (Wildman–Crippen MR) is 106 cm³/mol. The Bertz CT molecular complexity index is 821. The van der Waals surface area contributed by atoms with Gasteiger partial charge in [0.25, 0.3) is 0 Å². The molecule has 7 heteroatoms. The number of methoxy groups -OCH3 is 1. The maximum absolute atomic E-state index is 11.5. The van der Waals surface area contributed by atoms with Gasteiger partial charge in [0, 0.05) is 0 Å². The SMILES string of the molecule is COC(=O)c1ccc(COc2ccc(/C=N/NC(=O)OC(C)(C)C)cc2)cc1. The number of rotatable bonds is 6. The zero-order valence-electron chi connectivity index (χ0n) is 16.4. The number of nitrogens with zero attached hydrogens (tertiary/aromatic N) is 1. The Morgan fingerprint density at radius 2 is 1.68 bits per heavy atom. The number of carbonyl (C=O) groups is 2. The minimum atomic E-state index is -0.609. The normalized spacial score (nSPS) is 11.1. The van der Waals surface area contributed by atoms with Gasteiger partial charge in [-0.2, -0.15) is 5.10 Å². The van der Waals surface area contributed by atoms with E-state index in [0.717, 1.165) is 11.1 Å². The van der Waals surface area contributed by atoms with E-state index in [-0.39, 0.29) is 5.97 Å². The minimum Gasteiger partial charge on any atom is -0.489 e. The summed E-state index contributed by atoms with van der Waals surface area (Å²) in [4.78, 5) is 22.9. The highest BCUT2D eigenvalue weighted by molar-refractivity contribution is 5.89. The van der Waals surface area contributed by atoms with Gasteiger partial charge < -0.3 is 14.2 Å². The summed E-state index contributed by atoms with van der Waals surface area (Å²) in [6.45, 7) is 5.71. The van der Waals surface area contributed by atoms with Crippen molar-refractivity contribution in [3.05, 3.63) is 65.2 Å². The zero-order valence-corrected chi connectivity index (χ0v) is 16.4. The van der Waals surface area contributed by atoms with Crippen LogP contribution in [0.25, 0.3) is 0 Å². The highest BCUT2D eigenvalue weighted by Crippen LogP contribution is 2.14. The molecule has 148 valence electrons. The Balaban J connectivity index is 1.83. The van der Waals surface area contributed by atoms with Gasteiger partial charge in [-0.25, -0.2) is 15.0 Å². The Kier molecular flexibility index (Phi) is 7.14. The average Bonchev–Trinajstić information content (AvgIpc) is 2.66. The maximum atomic E-state index is 11.5. The van der Waals surface area contributed by atoms with Crippen LogP contribution in [-0.4, -0.2) is 31.0 Å². The fourth-order valence-electron chi connectivity index (χ4n) is 2.13. The molecular formula is C21H24N2O5. The number of hydrogen-bond acceptors (Lipinski definition) is 6. The molecule has 0 fully saturated rings. The fourth-order valence-corrected chi connectivity index (χ4v) is 2.13. The monoisotopic (exact) mass is 384 g/mol. The summed E-state index contributed by atoms with van der Waals surface area (Å²) >= 11 is 0. The molecule has 0 radical (unpaired) electrons. The molecule has 2 aromatic carbocycles. The number of ether oxygens (including phenoxy) is 3. The number of amides is 1. The van der Waals surface area contributed by atoms with Gasteiger partial charge in [0.05, 0.1) is 18.9 Å². The average molecular weight is 384 g/mol. The maximum Gasteiger partial charge on any atom is 0.428 e. The Morgan fingerprint density at radius 1 is 1.04 bits per heavy atom. The van der Waals surface area contributed by atoms with Crippen LogP contribution < -0.4 is 10.2 Å². The molecule has 2 rings (SSSR count). The molecule has 2 aromatic rings. The van der Waals surface area contributed by atoms with Crippen LogP contribution in [0, 0.1) is 0 Å². The molecule has 7 nitrogen and oxygen atoms in total. The van der Waals surface area contributed by atoms with Crippen molar-refractivity contribution in [2.75, 3.05) is 7.11 Å². The van der Waals surface area contributed by atoms with Crippen LogP contribution >= 0.6 is 0 Å². The summed E-state index contributed by atoms with van der Waals surface area (Å²) < 4.78 is 15.5.